The van der Waals surface area contributed by atoms with Crippen LogP contribution in [0, 0.1) is 0 Å². The van der Waals surface area contributed by atoms with E-state index in [1.54, 1.807) is 0 Å². The topological polar surface area (TPSA) is 147 Å². The summed E-state index contributed by atoms with van der Waals surface area (Å²) in [6, 6.07) is 0. The molecule has 0 aromatic heterocycles. The van der Waals surface area contributed by atoms with Crippen LogP contribution in [-0.4, -0.2) is 25.3 Å². The molecule has 0 aromatic rings. The van der Waals surface area contributed by atoms with Gasteiger partial charge in [-0.1, -0.05) is 0 Å². The quantitative estimate of drug-likeness (QED) is 0.494. The highest BCUT2D eigenvalue weighted by atomic mass is 32.3. The predicted octanol–water partition coefficient (Wildman–Crippen LogP) is -3.01. The molecule has 0 saturated heterocycles. The van der Waals surface area contributed by atoms with Gasteiger partial charge in [-0.3, -0.25) is 0 Å². The molecule has 0 amide bonds. The van der Waals surface area contributed by atoms with Crippen molar-refractivity contribution in [2.75, 3.05) is 0 Å². The summed E-state index contributed by atoms with van der Waals surface area (Å²) in [4.78, 5) is 0. The van der Waals surface area contributed by atoms with Crippen molar-refractivity contribution >= 4 is 31.7 Å². The van der Waals surface area contributed by atoms with Crippen LogP contribution in [0.1, 0.15) is 0 Å². The summed E-state index contributed by atoms with van der Waals surface area (Å²) < 4.78 is 65.5. The van der Waals surface area contributed by atoms with Crippen LogP contribution in [0.25, 0.3) is 0 Å². The Kier molecular flexibility index (Phi) is 3.55. The fourth-order valence-corrected chi connectivity index (χ4v) is 2.05. The molecule has 0 aliphatic heterocycles. The minimum atomic E-state index is -5.15. The molecule has 0 aliphatic carbocycles. The molecule has 0 radical (unpaired) electrons. The molecule has 0 aliphatic rings. The van der Waals surface area contributed by atoms with Crippen LogP contribution < -0.4 is 5.14 Å². The largest absolute Gasteiger partial charge is 0.430 e. The molecule has 12 heavy (non-hydrogen) atoms. The lowest BCUT2D eigenvalue weighted by molar-refractivity contribution is 0.393. The predicted molar refractivity (Wildman–Crippen MR) is 34.5 cm³/mol. The Balaban J connectivity index is 4.69. The monoisotopic (exact) mass is 241 g/mol. The van der Waals surface area contributed by atoms with E-state index >= 15 is 0 Å². The number of rotatable bonds is 4. The van der Waals surface area contributed by atoms with E-state index in [9.17, 15) is 25.3 Å². The van der Waals surface area contributed by atoms with Crippen molar-refractivity contribution in [1.29, 1.82) is 0 Å². The second-order valence-electron chi connectivity index (χ2n) is 1.27. The van der Waals surface area contributed by atoms with Crippen LogP contribution in [0.5, 0.6) is 0 Å². The van der Waals surface area contributed by atoms with Crippen LogP contribution >= 0.6 is 0 Å². The molecule has 74 valence electrons. The van der Waals surface area contributed by atoms with Crippen molar-refractivity contribution in [2.45, 2.75) is 0 Å². The summed E-state index contributed by atoms with van der Waals surface area (Å²) in [5, 5.41) is 4.09. The molecular formula is H3NO8S3. The van der Waals surface area contributed by atoms with Gasteiger partial charge in [0, 0.05) is 0 Å². The van der Waals surface area contributed by atoms with Gasteiger partial charge in [0.25, 0.3) is 11.0 Å². The Morgan fingerprint density at radius 1 is 1.08 bits per heavy atom. The van der Waals surface area contributed by atoms with Gasteiger partial charge in [0.15, 0.2) is 0 Å². The van der Waals surface area contributed by atoms with E-state index < -0.39 is 31.7 Å². The molecule has 0 aromatic carbocycles. The lowest BCUT2D eigenvalue weighted by Gasteiger charge is -1.95. The number of hydrogen-bond donors (Lipinski definition) is 2. The van der Waals surface area contributed by atoms with Gasteiger partial charge in [0.2, 0.25) is 0 Å². The Bertz CT molecular complexity index is 397. The van der Waals surface area contributed by atoms with Gasteiger partial charge in [-0.15, -0.1) is 7.26 Å². The summed E-state index contributed by atoms with van der Waals surface area (Å²) in [7, 11) is -13.7. The van der Waals surface area contributed by atoms with E-state index in [1.165, 1.54) is 0 Å². The van der Waals surface area contributed by atoms with E-state index in [-0.39, 0.29) is 0 Å². The number of nitrogens with two attached hydrogens (primary N) is 1. The van der Waals surface area contributed by atoms with Crippen LogP contribution in [0.4, 0.5) is 0 Å². The second kappa shape index (κ2) is 3.63. The maximum Gasteiger partial charge on any atom is 0.430 e. The Morgan fingerprint density at radius 3 is 1.75 bits per heavy atom. The maximum atomic E-state index is 10.2. The highest BCUT2D eigenvalue weighted by molar-refractivity contribution is 7.99. The molecule has 0 spiro atoms. The zero-order chi connectivity index (χ0) is 9.99. The number of thiol groups is 1. The molecular weight excluding hydrogens is 238 g/mol. The van der Waals surface area contributed by atoms with E-state index in [0.29, 0.717) is 0 Å². The maximum absolute atomic E-state index is 10.2. The van der Waals surface area contributed by atoms with Gasteiger partial charge in [-0.05, 0) is 0 Å². The van der Waals surface area contributed by atoms with Gasteiger partial charge < -0.3 is 0 Å². The lowest BCUT2D eigenvalue weighted by Crippen LogP contribution is -2.21. The summed E-state index contributed by atoms with van der Waals surface area (Å²) in [6.45, 7) is 0. The van der Waals surface area contributed by atoms with E-state index in [1.807, 2.05) is 0 Å². The molecule has 0 unspecified atom stereocenters. The van der Waals surface area contributed by atoms with Crippen molar-refractivity contribution in [2.24, 2.45) is 5.14 Å². The van der Waals surface area contributed by atoms with E-state index in [2.05, 4.69) is 12.4 Å². The Labute approximate surface area is 69.8 Å². The van der Waals surface area contributed by atoms with Crippen LogP contribution in [0.15, 0.2) is 0 Å². The minimum absolute atomic E-state index is 3.05. The van der Waals surface area contributed by atoms with E-state index in [0.717, 1.165) is 0 Å². The SMILES string of the molecule is NS(=O)(=O)OS(=O)(=O)O[SH](=O)=O. The van der Waals surface area contributed by atoms with E-state index in [4.69, 9.17) is 0 Å². The first-order valence-corrected chi connectivity index (χ1v) is 5.85. The molecule has 0 saturated carbocycles. The molecule has 0 rings (SSSR count). The van der Waals surface area contributed by atoms with Gasteiger partial charge in [0.05, 0.1) is 0 Å². The lowest BCUT2D eigenvalue weighted by atomic mass is 13.9. The van der Waals surface area contributed by atoms with Crippen molar-refractivity contribution in [3.8, 4) is 0 Å². The van der Waals surface area contributed by atoms with Gasteiger partial charge in [-0.2, -0.15) is 16.8 Å². The third-order valence-electron chi connectivity index (χ3n) is 0.330. The molecule has 0 fully saturated rings. The standard InChI is InChI=1S/H3NO8S3/c1-11(4,5)9-12(6,7)8-10(2)3/h10H,(H2,1,4,5). The molecule has 12 heteroatoms. The molecule has 0 heterocycles. The van der Waals surface area contributed by atoms with Crippen LogP contribution in [0.3, 0.4) is 0 Å². The van der Waals surface area contributed by atoms with Gasteiger partial charge in [-0.25, -0.2) is 13.6 Å². The summed E-state index contributed by atoms with van der Waals surface area (Å²) in [5.41, 5.74) is 0. The number of hydrogen-bond acceptors (Lipinski definition) is 8. The first-order chi connectivity index (χ1) is 5.12. The first kappa shape index (κ1) is 11.7. The molecule has 9 nitrogen and oxygen atoms in total. The average Bonchev–Trinajstić information content (AvgIpc) is 1.48. The minimum Gasteiger partial charge on any atom is -0.204 e. The zero-order valence-corrected chi connectivity index (χ0v) is 7.63. The summed E-state index contributed by atoms with van der Waals surface area (Å²) >= 11 is 0. The van der Waals surface area contributed by atoms with Crippen LogP contribution in [0.2, 0.25) is 0 Å². The Hall–Kier alpha value is -0.270. The zero-order valence-electron chi connectivity index (χ0n) is 5.11. The van der Waals surface area contributed by atoms with Crippen molar-refractivity contribution in [3.05, 3.63) is 0 Å². The van der Waals surface area contributed by atoms with Crippen LogP contribution in [-0.2, 0) is 38.9 Å². The Morgan fingerprint density at radius 2 is 1.50 bits per heavy atom. The van der Waals surface area contributed by atoms with Gasteiger partial charge in [0.1, 0.15) is 0 Å². The average molecular weight is 241 g/mol. The van der Waals surface area contributed by atoms with Crippen molar-refractivity contribution in [1.82, 2.24) is 0 Å². The smallest absolute Gasteiger partial charge is 0.204 e. The highest BCUT2D eigenvalue weighted by Gasteiger charge is 2.21. The molecule has 0 atom stereocenters. The van der Waals surface area contributed by atoms with Crippen molar-refractivity contribution in [3.63, 3.8) is 0 Å². The normalized spacial score (nSPS) is 13.5. The summed E-state index contributed by atoms with van der Waals surface area (Å²) in [6.07, 6.45) is 0. The van der Waals surface area contributed by atoms with Gasteiger partial charge >= 0.3 is 20.7 Å². The third-order valence-corrected chi connectivity index (χ3v) is 2.97. The first-order valence-electron chi connectivity index (χ1n) is 1.95. The fraction of sp³-hybridized carbons (Fsp3) is 0. The van der Waals surface area contributed by atoms with Crippen molar-refractivity contribution < 1.29 is 32.5 Å². The fourth-order valence-electron chi connectivity index (χ4n) is 0.203. The third kappa shape index (κ3) is 6.44. The summed E-state index contributed by atoms with van der Waals surface area (Å²) in [5.74, 6) is 0. The second-order valence-corrected chi connectivity index (χ2v) is 4.66. The molecule has 2 N–H and O–H groups in total. The molecule has 0 bridgehead atoms. The highest BCUT2D eigenvalue weighted by Crippen LogP contribution is 1.98.